The van der Waals surface area contributed by atoms with Crippen molar-refractivity contribution in [2.45, 2.75) is 38.1 Å². The fourth-order valence-electron chi connectivity index (χ4n) is 2.36. The van der Waals surface area contributed by atoms with E-state index in [0.717, 1.165) is 25.7 Å². The average Bonchev–Trinajstić information content (AvgIpc) is 3.03. The second-order valence-corrected chi connectivity index (χ2v) is 5.15. The second kappa shape index (κ2) is 7.58. The summed E-state index contributed by atoms with van der Waals surface area (Å²) in [6, 6.07) is 1.36. The topological polar surface area (TPSA) is 111 Å². The monoisotopic (exact) mass is 309 g/mol. The van der Waals surface area contributed by atoms with Crippen LogP contribution in [-0.2, 0) is 9.53 Å². The van der Waals surface area contributed by atoms with Crippen LogP contribution in [0.2, 0.25) is 0 Å². The van der Waals surface area contributed by atoms with Gasteiger partial charge in [0.15, 0.2) is 5.69 Å². The fourth-order valence-corrected chi connectivity index (χ4v) is 2.36. The molecule has 0 spiro atoms. The molecular formula is C14H19N3O5. The lowest BCUT2D eigenvalue weighted by Gasteiger charge is -2.22. The molecule has 0 aliphatic heterocycles. The third-order valence-electron chi connectivity index (χ3n) is 3.51. The Balaban J connectivity index is 1.78. The molecule has 0 atom stereocenters. The highest BCUT2D eigenvalue weighted by Crippen LogP contribution is 2.17. The van der Waals surface area contributed by atoms with Crippen LogP contribution in [0.4, 0.5) is 0 Å². The summed E-state index contributed by atoms with van der Waals surface area (Å²) in [7, 11) is 1.19. The third-order valence-corrected chi connectivity index (χ3v) is 3.51. The standard InChI is InChI=1S/C14H19N3O5/c1-21-14(20)11-7-10(17-22-11)13(19)15-8-12(18)16-9-5-3-2-4-6-9/h7,9H,2-6,8H2,1H3,(H,15,19)(H,16,18). The minimum atomic E-state index is -0.721. The molecule has 2 rings (SSSR count). The summed E-state index contributed by atoms with van der Waals surface area (Å²) < 4.78 is 9.12. The second-order valence-electron chi connectivity index (χ2n) is 5.15. The smallest absolute Gasteiger partial charge is 0.376 e. The first-order valence-electron chi connectivity index (χ1n) is 7.22. The molecule has 8 heteroatoms. The number of aromatic nitrogens is 1. The fraction of sp³-hybridized carbons (Fsp3) is 0.571. The molecule has 1 saturated carbocycles. The van der Waals surface area contributed by atoms with Gasteiger partial charge in [-0.1, -0.05) is 24.4 Å². The van der Waals surface area contributed by atoms with E-state index in [9.17, 15) is 14.4 Å². The Bertz CT molecular complexity index is 548. The van der Waals surface area contributed by atoms with Crippen LogP contribution in [0.25, 0.3) is 0 Å². The van der Waals surface area contributed by atoms with Gasteiger partial charge < -0.3 is 19.9 Å². The molecule has 22 heavy (non-hydrogen) atoms. The number of amides is 2. The summed E-state index contributed by atoms with van der Waals surface area (Å²) in [5.41, 5.74) is -0.0779. The van der Waals surface area contributed by atoms with Crippen molar-refractivity contribution >= 4 is 17.8 Å². The van der Waals surface area contributed by atoms with Gasteiger partial charge in [0, 0.05) is 12.1 Å². The summed E-state index contributed by atoms with van der Waals surface area (Å²) in [6.45, 7) is -0.143. The van der Waals surface area contributed by atoms with E-state index in [-0.39, 0.29) is 29.9 Å². The van der Waals surface area contributed by atoms with Crippen LogP contribution in [-0.4, -0.2) is 42.6 Å². The maximum atomic E-state index is 11.8. The van der Waals surface area contributed by atoms with Crippen molar-refractivity contribution in [3.63, 3.8) is 0 Å². The van der Waals surface area contributed by atoms with Gasteiger partial charge in [0.25, 0.3) is 5.91 Å². The Morgan fingerprint density at radius 1 is 1.32 bits per heavy atom. The molecule has 1 aromatic heterocycles. The van der Waals surface area contributed by atoms with Crippen LogP contribution in [0.1, 0.15) is 53.1 Å². The van der Waals surface area contributed by atoms with Crippen LogP contribution >= 0.6 is 0 Å². The van der Waals surface area contributed by atoms with Crippen LogP contribution in [0, 0.1) is 0 Å². The number of carbonyl (C=O) groups is 3. The highest BCUT2D eigenvalue weighted by atomic mass is 16.5. The van der Waals surface area contributed by atoms with Crippen molar-refractivity contribution in [2.75, 3.05) is 13.7 Å². The van der Waals surface area contributed by atoms with Gasteiger partial charge in [-0.05, 0) is 12.8 Å². The zero-order valence-corrected chi connectivity index (χ0v) is 12.4. The number of methoxy groups -OCH3 is 1. The minimum Gasteiger partial charge on any atom is -0.463 e. The Labute approximate surface area is 127 Å². The highest BCUT2D eigenvalue weighted by molar-refractivity contribution is 5.96. The first-order chi connectivity index (χ1) is 10.6. The lowest BCUT2D eigenvalue weighted by molar-refractivity contribution is -0.121. The van der Waals surface area contributed by atoms with Gasteiger partial charge in [0.2, 0.25) is 11.7 Å². The van der Waals surface area contributed by atoms with Crippen LogP contribution < -0.4 is 10.6 Å². The molecule has 0 bridgehead atoms. The predicted molar refractivity (Wildman–Crippen MR) is 75.2 cm³/mol. The number of hydrogen-bond acceptors (Lipinski definition) is 6. The first kappa shape index (κ1) is 16.0. The normalized spacial score (nSPS) is 15.1. The van der Waals surface area contributed by atoms with Crippen molar-refractivity contribution in [1.29, 1.82) is 0 Å². The van der Waals surface area contributed by atoms with Gasteiger partial charge in [0.1, 0.15) is 0 Å². The van der Waals surface area contributed by atoms with Crippen molar-refractivity contribution in [3.8, 4) is 0 Å². The number of esters is 1. The summed E-state index contributed by atoms with van der Waals surface area (Å²) in [4.78, 5) is 34.7. The molecule has 1 fully saturated rings. The van der Waals surface area contributed by atoms with Gasteiger partial charge in [-0.15, -0.1) is 0 Å². The predicted octanol–water partition coefficient (Wildman–Crippen LogP) is 0.640. The van der Waals surface area contributed by atoms with Gasteiger partial charge in [-0.3, -0.25) is 9.59 Å². The van der Waals surface area contributed by atoms with Crippen molar-refractivity contribution in [1.82, 2.24) is 15.8 Å². The summed E-state index contributed by atoms with van der Waals surface area (Å²) in [6.07, 6.45) is 5.40. The molecule has 0 unspecified atom stereocenters. The molecule has 0 aromatic carbocycles. The molecule has 2 amide bonds. The van der Waals surface area contributed by atoms with Crippen molar-refractivity contribution < 1.29 is 23.6 Å². The third kappa shape index (κ3) is 4.31. The number of nitrogens with one attached hydrogen (secondary N) is 2. The van der Waals surface area contributed by atoms with Crippen LogP contribution in [0.5, 0.6) is 0 Å². The van der Waals surface area contributed by atoms with Crippen molar-refractivity contribution in [3.05, 3.63) is 17.5 Å². The maximum absolute atomic E-state index is 11.8. The van der Waals surface area contributed by atoms with Crippen LogP contribution in [0.3, 0.4) is 0 Å². The Kier molecular flexibility index (Phi) is 5.51. The molecule has 0 saturated heterocycles. The lowest BCUT2D eigenvalue weighted by atomic mass is 9.95. The molecular weight excluding hydrogens is 290 g/mol. The number of ether oxygens (including phenoxy) is 1. The van der Waals surface area contributed by atoms with Gasteiger partial charge in [-0.2, -0.15) is 0 Å². The molecule has 0 radical (unpaired) electrons. The Morgan fingerprint density at radius 3 is 2.73 bits per heavy atom. The number of nitrogens with zero attached hydrogens (tertiary/aromatic N) is 1. The molecule has 1 aliphatic carbocycles. The van der Waals surface area contributed by atoms with E-state index in [1.165, 1.54) is 19.6 Å². The largest absolute Gasteiger partial charge is 0.463 e. The lowest BCUT2D eigenvalue weighted by Crippen LogP contribution is -2.42. The van der Waals surface area contributed by atoms with E-state index in [4.69, 9.17) is 0 Å². The summed E-state index contributed by atoms with van der Waals surface area (Å²) >= 11 is 0. The summed E-state index contributed by atoms with van der Waals surface area (Å²) in [5.74, 6) is -1.71. The van der Waals surface area contributed by atoms with E-state index in [1.54, 1.807) is 0 Å². The molecule has 1 aromatic rings. The average molecular weight is 309 g/mol. The SMILES string of the molecule is COC(=O)c1cc(C(=O)NCC(=O)NC2CCCCC2)no1. The number of hydrogen-bond donors (Lipinski definition) is 2. The van der Waals surface area contributed by atoms with Gasteiger partial charge in [0.05, 0.1) is 13.7 Å². The maximum Gasteiger partial charge on any atom is 0.376 e. The van der Waals surface area contributed by atoms with Gasteiger partial charge >= 0.3 is 5.97 Å². The molecule has 1 heterocycles. The Morgan fingerprint density at radius 2 is 2.05 bits per heavy atom. The molecule has 8 nitrogen and oxygen atoms in total. The van der Waals surface area contributed by atoms with E-state index in [1.807, 2.05) is 0 Å². The number of carbonyl (C=O) groups excluding carboxylic acids is 3. The zero-order chi connectivity index (χ0) is 15.9. The zero-order valence-electron chi connectivity index (χ0n) is 12.4. The van der Waals surface area contributed by atoms with E-state index in [2.05, 4.69) is 25.1 Å². The van der Waals surface area contributed by atoms with Crippen molar-refractivity contribution in [2.24, 2.45) is 0 Å². The Hall–Kier alpha value is -2.38. The molecule has 2 N–H and O–H groups in total. The highest BCUT2D eigenvalue weighted by Gasteiger charge is 2.19. The number of rotatable bonds is 5. The van der Waals surface area contributed by atoms with E-state index >= 15 is 0 Å². The first-order valence-corrected chi connectivity index (χ1v) is 7.22. The quantitative estimate of drug-likeness (QED) is 0.772. The van der Waals surface area contributed by atoms with E-state index < -0.39 is 11.9 Å². The summed E-state index contributed by atoms with van der Waals surface area (Å²) in [5, 5.41) is 8.78. The molecule has 1 aliphatic rings. The van der Waals surface area contributed by atoms with E-state index in [0.29, 0.717) is 0 Å². The minimum absolute atomic E-state index is 0.0779. The van der Waals surface area contributed by atoms with Gasteiger partial charge in [-0.25, -0.2) is 4.79 Å². The molecule has 120 valence electrons. The van der Waals surface area contributed by atoms with Crippen LogP contribution in [0.15, 0.2) is 10.6 Å².